The Morgan fingerprint density at radius 1 is 1.43 bits per heavy atom. The normalized spacial score (nSPS) is 15.4. The Balaban J connectivity index is 1.90. The number of rotatable bonds is 5. The Morgan fingerprint density at radius 2 is 2.18 bits per heavy atom. The van der Waals surface area contributed by atoms with E-state index in [4.69, 9.17) is 5.73 Å². The quantitative estimate of drug-likeness (QED) is 0.545. The maximum absolute atomic E-state index is 12.8. The summed E-state index contributed by atoms with van der Waals surface area (Å²) in [6.07, 6.45) is 6.07. The zero-order valence-corrected chi connectivity index (χ0v) is 17.6. The number of aromatic nitrogens is 2. The molecule has 3 N–H and O–H groups in total. The summed E-state index contributed by atoms with van der Waals surface area (Å²) >= 11 is 3.44. The molecule has 0 atom stereocenters. The highest BCUT2D eigenvalue weighted by Crippen LogP contribution is 2.24. The van der Waals surface area contributed by atoms with E-state index in [1.165, 1.54) is 10.9 Å². The number of carbonyl (C=O) groups is 1. The van der Waals surface area contributed by atoms with Crippen molar-refractivity contribution in [2.24, 2.45) is 10.7 Å². The Hall–Kier alpha value is -2.48. The molecule has 1 saturated carbocycles. The topological polar surface area (TPSA) is 102 Å². The van der Waals surface area contributed by atoms with E-state index in [2.05, 4.69) is 31.3 Å². The van der Waals surface area contributed by atoms with Crippen LogP contribution in [0.2, 0.25) is 0 Å². The molecule has 0 unspecified atom stereocenters. The Kier molecular flexibility index (Phi) is 6.28. The van der Waals surface area contributed by atoms with Crippen molar-refractivity contribution < 1.29 is 4.79 Å². The number of amides is 1. The first-order valence-corrected chi connectivity index (χ1v) is 10.1. The first-order chi connectivity index (χ1) is 13.4. The summed E-state index contributed by atoms with van der Waals surface area (Å²) in [5, 5.41) is 8.54. The first kappa shape index (κ1) is 20.3. The average Bonchev–Trinajstić information content (AvgIpc) is 2.60. The van der Waals surface area contributed by atoms with Gasteiger partial charge in [0.1, 0.15) is 12.4 Å². The van der Waals surface area contributed by atoms with Gasteiger partial charge in [0.25, 0.3) is 5.56 Å². The molecule has 148 valence electrons. The van der Waals surface area contributed by atoms with Crippen molar-refractivity contribution in [1.29, 1.82) is 0 Å². The van der Waals surface area contributed by atoms with Crippen molar-refractivity contribution in [3.63, 3.8) is 0 Å². The molecular weight excluding hydrogens is 422 g/mol. The summed E-state index contributed by atoms with van der Waals surface area (Å²) in [5.41, 5.74) is 5.94. The van der Waals surface area contributed by atoms with Crippen molar-refractivity contribution in [2.45, 2.75) is 51.6 Å². The van der Waals surface area contributed by atoms with Crippen LogP contribution in [0.5, 0.6) is 0 Å². The molecule has 8 heteroatoms. The molecule has 1 heterocycles. The van der Waals surface area contributed by atoms with E-state index in [1.54, 1.807) is 12.1 Å². The Bertz CT molecular complexity index is 1010. The van der Waals surface area contributed by atoms with E-state index < -0.39 is 0 Å². The summed E-state index contributed by atoms with van der Waals surface area (Å²) in [5.74, 6) is 0.151. The second kappa shape index (κ2) is 8.68. The van der Waals surface area contributed by atoms with Gasteiger partial charge in [-0.2, -0.15) is 5.10 Å². The van der Waals surface area contributed by atoms with Crippen LogP contribution in [0.25, 0.3) is 10.8 Å². The number of nitrogens with zero attached hydrogens (tertiary/aromatic N) is 3. The zero-order valence-electron chi connectivity index (χ0n) is 16.0. The van der Waals surface area contributed by atoms with Gasteiger partial charge in [0.15, 0.2) is 0 Å². The van der Waals surface area contributed by atoms with Crippen LogP contribution in [0.3, 0.4) is 0 Å². The maximum atomic E-state index is 12.8. The van der Waals surface area contributed by atoms with Crippen LogP contribution >= 0.6 is 15.9 Å². The second-order valence-electron chi connectivity index (χ2n) is 7.20. The van der Waals surface area contributed by atoms with Crippen molar-refractivity contribution in [1.82, 2.24) is 15.1 Å². The van der Waals surface area contributed by atoms with E-state index in [9.17, 15) is 9.59 Å². The summed E-state index contributed by atoms with van der Waals surface area (Å²) in [6.45, 7) is 3.83. The smallest absolute Gasteiger partial charge is 0.275 e. The lowest BCUT2D eigenvalue weighted by Crippen LogP contribution is -2.37. The van der Waals surface area contributed by atoms with Crippen molar-refractivity contribution >= 4 is 38.4 Å². The molecule has 0 bridgehead atoms. The third kappa shape index (κ3) is 4.49. The average molecular weight is 446 g/mol. The third-order valence-electron chi connectivity index (χ3n) is 4.71. The number of benzene rings is 1. The fraction of sp³-hybridized carbons (Fsp3) is 0.400. The lowest BCUT2D eigenvalue weighted by atomic mass is 9.94. The van der Waals surface area contributed by atoms with Crippen LogP contribution in [0.15, 0.2) is 44.7 Å². The highest BCUT2D eigenvalue weighted by Gasteiger charge is 2.18. The highest BCUT2D eigenvalue weighted by atomic mass is 79.9. The van der Waals surface area contributed by atoms with Gasteiger partial charge in [0, 0.05) is 9.86 Å². The van der Waals surface area contributed by atoms with E-state index >= 15 is 0 Å². The van der Waals surface area contributed by atoms with Gasteiger partial charge < -0.3 is 11.1 Å². The molecule has 1 aliphatic rings. The lowest BCUT2D eigenvalue weighted by Gasteiger charge is -2.22. The largest absolute Gasteiger partial charge is 0.404 e. The van der Waals surface area contributed by atoms with Gasteiger partial charge in [-0.05, 0) is 55.7 Å². The van der Waals surface area contributed by atoms with Gasteiger partial charge in [0.2, 0.25) is 5.91 Å². The number of nitrogens with two attached hydrogens (primary N) is 1. The number of nitrogens with one attached hydrogen (secondary N) is 1. The number of hydrogen-bond donors (Lipinski definition) is 2. The molecule has 7 nitrogen and oxygen atoms in total. The summed E-state index contributed by atoms with van der Waals surface area (Å²) in [7, 11) is 0. The van der Waals surface area contributed by atoms with Crippen molar-refractivity contribution in [2.75, 3.05) is 0 Å². The summed E-state index contributed by atoms with van der Waals surface area (Å²) in [4.78, 5) is 29.9. The van der Waals surface area contributed by atoms with E-state index in [0.717, 1.165) is 34.8 Å². The molecule has 2 aromatic rings. The predicted octanol–water partition coefficient (Wildman–Crippen LogP) is 2.82. The molecular formula is C20H24BrN5O2. The van der Waals surface area contributed by atoms with E-state index in [0.29, 0.717) is 11.2 Å². The molecule has 0 spiro atoms. The fourth-order valence-electron chi connectivity index (χ4n) is 3.06. The molecule has 1 fully saturated rings. The van der Waals surface area contributed by atoms with Gasteiger partial charge in [-0.3, -0.25) is 14.6 Å². The zero-order chi connectivity index (χ0) is 20.3. The van der Waals surface area contributed by atoms with Crippen LogP contribution in [0.4, 0.5) is 0 Å². The standard InChI is InChI=1S/C20H24BrN5O2/c1-12(2)19-16-10-13(21)6-7-15(16)20(28)26(25-19)11-18(27)24-17(8-9-22)23-14-4-3-5-14/h6-10,12,14H,3-5,11,22H2,1-2H3,(H,23,24,27). The Morgan fingerprint density at radius 3 is 2.79 bits per heavy atom. The molecule has 1 aromatic heterocycles. The molecule has 1 aliphatic carbocycles. The molecule has 0 radical (unpaired) electrons. The Labute approximate surface area is 171 Å². The summed E-state index contributed by atoms with van der Waals surface area (Å²) in [6, 6.07) is 5.68. The number of amidine groups is 1. The number of halogens is 1. The first-order valence-electron chi connectivity index (χ1n) is 9.35. The number of fused-ring (bicyclic) bond motifs is 1. The molecule has 0 saturated heterocycles. The van der Waals surface area contributed by atoms with Crippen LogP contribution < -0.4 is 16.6 Å². The highest BCUT2D eigenvalue weighted by molar-refractivity contribution is 9.10. The van der Waals surface area contributed by atoms with Gasteiger partial charge in [-0.15, -0.1) is 0 Å². The molecule has 3 rings (SSSR count). The van der Waals surface area contributed by atoms with Gasteiger partial charge in [-0.1, -0.05) is 29.8 Å². The second-order valence-corrected chi connectivity index (χ2v) is 8.11. The minimum Gasteiger partial charge on any atom is -0.404 e. The van der Waals surface area contributed by atoms with Crippen LogP contribution in [-0.4, -0.2) is 27.6 Å². The minimum atomic E-state index is -0.364. The molecule has 28 heavy (non-hydrogen) atoms. The van der Waals surface area contributed by atoms with Gasteiger partial charge >= 0.3 is 0 Å². The van der Waals surface area contributed by atoms with Gasteiger partial charge in [0.05, 0.1) is 17.1 Å². The van der Waals surface area contributed by atoms with Crippen molar-refractivity contribution in [3.8, 4) is 0 Å². The maximum Gasteiger partial charge on any atom is 0.275 e. The predicted molar refractivity (Wildman–Crippen MR) is 114 cm³/mol. The third-order valence-corrected chi connectivity index (χ3v) is 5.20. The lowest BCUT2D eigenvalue weighted by molar-refractivity contribution is -0.120. The SMILES string of the molecule is CC(C)c1nn(CC(=O)NC(C=CN)=NC2CCC2)c(=O)c2ccc(Br)cc12. The van der Waals surface area contributed by atoms with Gasteiger partial charge in [-0.25, -0.2) is 4.68 Å². The van der Waals surface area contributed by atoms with E-state index in [-0.39, 0.29) is 30.0 Å². The monoisotopic (exact) mass is 445 g/mol. The summed E-state index contributed by atoms with van der Waals surface area (Å²) < 4.78 is 2.10. The van der Waals surface area contributed by atoms with Crippen molar-refractivity contribution in [3.05, 3.63) is 51.0 Å². The van der Waals surface area contributed by atoms with Crippen LogP contribution in [0.1, 0.15) is 44.7 Å². The van der Waals surface area contributed by atoms with Crippen LogP contribution in [-0.2, 0) is 11.3 Å². The molecule has 1 aromatic carbocycles. The minimum absolute atomic E-state index is 0.0997. The van der Waals surface area contributed by atoms with E-state index in [1.807, 2.05) is 26.0 Å². The molecule has 0 aliphatic heterocycles. The molecule has 1 amide bonds. The number of carbonyl (C=O) groups excluding carboxylic acids is 1. The van der Waals surface area contributed by atoms with Crippen LogP contribution in [0, 0.1) is 0 Å². The number of hydrogen-bond acceptors (Lipinski definition) is 5. The number of aliphatic imine (C=N–C) groups is 1. The fourth-order valence-corrected chi connectivity index (χ4v) is 3.42.